The zero-order valence-corrected chi connectivity index (χ0v) is 13.3. The summed E-state index contributed by atoms with van der Waals surface area (Å²) < 4.78 is 0. The van der Waals surface area contributed by atoms with Crippen molar-refractivity contribution in [2.24, 2.45) is 17.6 Å². The fraction of sp³-hybridized carbons (Fsp3) is 0.562. The molecule has 0 spiro atoms. The van der Waals surface area contributed by atoms with E-state index in [2.05, 4.69) is 19.2 Å². The quantitative estimate of drug-likeness (QED) is 0.799. The number of hydrogen-bond acceptors (Lipinski definition) is 2. The largest absolute Gasteiger partial charge is 0.330 e. The van der Waals surface area contributed by atoms with Crippen LogP contribution in [0.5, 0.6) is 0 Å². The summed E-state index contributed by atoms with van der Waals surface area (Å²) in [6, 6.07) is 5.62. The van der Waals surface area contributed by atoms with Crippen LogP contribution in [0.25, 0.3) is 0 Å². The third-order valence-electron chi connectivity index (χ3n) is 3.62. The van der Waals surface area contributed by atoms with Crippen molar-refractivity contribution in [3.05, 3.63) is 28.8 Å². The van der Waals surface area contributed by atoms with Gasteiger partial charge >= 0.3 is 0 Å². The predicted molar refractivity (Wildman–Crippen MR) is 86.1 cm³/mol. The third-order valence-corrected chi connectivity index (χ3v) is 3.95. The van der Waals surface area contributed by atoms with Crippen LogP contribution in [-0.4, -0.2) is 12.5 Å². The number of carbonyl (C=O) groups is 1. The molecule has 0 saturated carbocycles. The SMILES string of the molecule is Cc1ccc(Cl)c(NC(=O)CCC(CCN)C(C)C)c1. The fourth-order valence-electron chi connectivity index (χ4n) is 2.29. The van der Waals surface area contributed by atoms with Gasteiger partial charge in [0.25, 0.3) is 0 Å². The van der Waals surface area contributed by atoms with Gasteiger partial charge in [0.2, 0.25) is 5.91 Å². The molecule has 4 heteroatoms. The molecule has 20 heavy (non-hydrogen) atoms. The van der Waals surface area contributed by atoms with Gasteiger partial charge in [0.15, 0.2) is 0 Å². The Morgan fingerprint density at radius 3 is 2.65 bits per heavy atom. The second kappa shape index (κ2) is 8.28. The van der Waals surface area contributed by atoms with E-state index in [1.54, 1.807) is 6.07 Å². The van der Waals surface area contributed by atoms with E-state index in [9.17, 15) is 4.79 Å². The summed E-state index contributed by atoms with van der Waals surface area (Å²) in [6.07, 6.45) is 2.34. The van der Waals surface area contributed by atoms with Crippen molar-refractivity contribution in [1.29, 1.82) is 0 Å². The lowest BCUT2D eigenvalue weighted by Gasteiger charge is -2.19. The molecule has 0 radical (unpaired) electrons. The molecule has 0 aliphatic heterocycles. The highest BCUT2D eigenvalue weighted by molar-refractivity contribution is 6.33. The van der Waals surface area contributed by atoms with Gasteiger partial charge in [-0.2, -0.15) is 0 Å². The summed E-state index contributed by atoms with van der Waals surface area (Å²) in [4.78, 5) is 12.0. The lowest BCUT2D eigenvalue weighted by atomic mass is 9.88. The zero-order chi connectivity index (χ0) is 15.1. The highest BCUT2D eigenvalue weighted by Gasteiger charge is 2.15. The maximum atomic E-state index is 12.0. The molecule has 112 valence electrons. The molecular formula is C16H25ClN2O. The number of benzene rings is 1. The van der Waals surface area contributed by atoms with E-state index in [4.69, 9.17) is 17.3 Å². The smallest absolute Gasteiger partial charge is 0.224 e. The molecule has 1 rings (SSSR count). The molecule has 1 aromatic carbocycles. The minimum Gasteiger partial charge on any atom is -0.330 e. The summed E-state index contributed by atoms with van der Waals surface area (Å²) in [5, 5.41) is 3.46. The first-order chi connectivity index (χ1) is 9.43. The van der Waals surface area contributed by atoms with Gasteiger partial charge in [-0.15, -0.1) is 0 Å². The second-order valence-electron chi connectivity index (χ2n) is 5.65. The van der Waals surface area contributed by atoms with Gasteiger partial charge in [-0.25, -0.2) is 0 Å². The Labute approximate surface area is 126 Å². The molecule has 3 N–H and O–H groups in total. The second-order valence-corrected chi connectivity index (χ2v) is 6.06. The Kier molecular flexibility index (Phi) is 7.03. The van der Waals surface area contributed by atoms with Crippen molar-refractivity contribution >= 4 is 23.2 Å². The highest BCUT2D eigenvalue weighted by Crippen LogP contribution is 2.24. The number of rotatable bonds is 7. The molecule has 0 heterocycles. The molecule has 3 nitrogen and oxygen atoms in total. The summed E-state index contributed by atoms with van der Waals surface area (Å²) in [7, 11) is 0. The maximum absolute atomic E-state index is 12.0. The molecule has 1 amide bonds. The lowest BCUT2D eigenvalue weighted by molar-refractivity contribution is -0.116. The average molecular weight is 297 g/mol. The van der Waals surface area contributed by atoms with Crippen LogP contribution in [0.15, 0.2) is 18.2 Å². The molecule has 0 fully saturated rings. The predicted octanol–water partition coefficient (Wildman–Crippen LogP) is 3.99. The van der Waals surface area contributed by atoms with Crippen molar-refractivity contribution in [1.82, 2.24) is 0 Å². The van der Waals surface area contributed by atoms with Gasteiger partial charge in [0.1, 0.15) is 0 Å². The first-order valence-electron chi connectivity index (χ1n) is 7.20. The van der Waals surface area contributed by atoms with E-state index < -0.39 is 0 Å². The number of amides is 1. The minimum atomic E-state index is 0.0140. The van der Waals surface area contributed by atoms with Crippen molar-refractivity contribution in [3.63, 3.8) is 0 Å². The van der Waals surface area contributed by atoms with Gasteiger partial charge < -0.3 is 11.1 Å². The number of anilines is 1. The monoisotopic (exact) mass is 296 g/mol. The van der Waals surface area contributed by atoms with E-state index in [-0.39, 0.29) is 5.91 Å². The van der Waals surface area contributed by atoms with Crippen LogP contribution in [-0.2, 0) is 4.79 Å². The van der Waals surface area contributed by atoms with Crippen molar-refractivity contribution < 1.29 is 4.79 Å². The van der Waals surface area contributed by atoms with Crippen LogP contribution in [0, 0.1) is 18.8 Å². The van der Waals surface area contributed by atoms with Gasteiger partial charge in [0, 0.05) is 6.42 Å². The van der Waals surface area contributed by atoms with Crippen LogP contribution < -0.4 is 11.1 Å². The van der Waals surface area contributed by atoms with E-state index in [1.807, 2.05) is 19.1 Å². The van der Waals surface area contributed by atoms with E-state index >= 15 is 0 Å². The van der Waals surface area contributed by atoms with Crippen LogP contribution in [0.2, 0.25) is 5.02 Å². The van der Waals surface area contributed by atoms with E-state index in [0.29, 0.717) is 35.5 Å². The summed E-state index contributed by atoms with van der Waals surface area (Å²) in [6.45, 7) is 7.00. The van der Waals surface area contributed by atoms with E-state index in [1.165, 1.54) is 0 Å². The van der Waals surface area contributed by atoms with Crippen LogP contribution in [0.1, 0.15) is 38.7 Å². The number of hydrogen-bond donors (Lipinski definition) is 2. The molecule has 1 aromatic rings. The number of halogens is 1. The van der Waals surface area contributed by atoms with E-state index in [0.717, 1.165) is 18.4 Å². The van der Waals surface area contributed by atoms with Gasteiger partial charge in [-0.05, 0) is 55.8 Å². The molecule has 1 atom stereocenters. The zero-order valence-electron chi connectivity index (χ0n) is 12.6. The maximum Gasteiger partial charge on any atom is 0.224 e. The summed E-state index contributed by atoms with van der Waals surface area (Å²) in [5.74, 6) is 1.06. The average Bonchev–Trinajstić information content (AvgIpc) is 2.38. The van der Waals surface area contributed by atoms with Crippen molar-refractivity contribution in [2.45, 2.75) is 40.0 Å². The normalized spacial score (nSPS) is 12.5. The Morgan fingerprint density at radius 2 is 2.05 bits per heavy atom. The number of nitrogens with two attached hydrogens (primary N) is 1. The van der Waals surface area contributed by atoms with Gasteiger partial charge in [-0.3, -0.25) is 4.79 Å². The Balaban J connectivity index is 2.53. The molecule has 0 aliphatic carbocycles. The van der Waals surface area contributed by atoms with Crippen LogP contribution in [0.3, 0.4) is 0 Å². The number of aryl methyl sites for hydroxylation is 1. The summed E-state index contributed by atoms with van der Waals surface area (Å²) >= 11 is 6.07. The van der Waals surface area contributed by atoms with Crippen molar-refractivity contribution in [3.8, 4) is 0 Å². The minimum absolute atomic E-state index is 0.0140. The molecule has 1 unspecified atom stereocenters. The Morgan fingerprint density at radius 1 is 1.35 bits per heavy atom. The third kappa shape index (κ3) is 5.51. The molecule has 0 aromatic heterocycles. The van der Waals surface area contributed by atoms with Crippen molar-refractivity contribution in [2.75, 3.05) is 11.9 Å². The fourth-order valence-corrected chi connectivity index (χ4v) is 2.45. The summed E-state index contributed by atoms with van der Waals surface area (Å²) in [5.41, 5.74) is 7.38. The van der Waals surface area contributed by atoms with Gasteiger partial charge in [-0.1, -0.05) is 31.5 Å². The first kappa shape index (κ1) is 17.0. The molecule has 0 aliphatic rings. The van der Waals surface area contributed by atoms with Crippen LogP contribution >= 0.6 is 11.6 Å². The highest BCUT2D eigenvalue weighted by atomic mass is 35.5. The lowest BCUT2D eigenvalue weighted by Crippen LogP contribution is -2.18. The molecular weight excluding hydrogens is 272 g/mol. The molecule has 0 bridgehead atoms. The topological polar surface area (TPSA) is 55.1 Å². The molecule has 0 saturated heterocycles. The number of nitrogens with one attached hydrogen (secondary N) is 1. The number of carbonyl (C=O) groups excluding carboxylic acids is 1. The Hall–Kier alpha value is -1.06. The standard InChI is InChI=1S/C16H25ClN2O/c1-11(2)13(8-9-18)5-7-16(20)19-15-10-12(3)4-6-14(15)17/h4,6,10-11,13H,5,7-9,18H2,1-3H3,(H,19,20). The van der Waals surface area contributed by atoms with Crippen LogP contribution in [0.4, 0.5) is 5.69 Å². The van der Waals surface area contributed by atoms with Gasteiger partial charge in [0.05, 0.1) is 10.7 Å². The first-order valence-corrected chi connectivity index (χ1v) is 7.58. The Bertz CT molecular complexity index is 446.